The predicted octanol–water partition coefficient (Wildman–Crippen LogP) is 0.801. The van der Waals surface area contributed by atoms with Gasteiger partial charge in [0.2, 0.25) is 0 Å². The third-order valence-corrected chi connectivity index (χ3v) is 7.57. The van der Waals surface area contributed by atoms with Gasteiger partial charge in [-0.1, -0.05) is 9.83 Å². The molecule has 0 amide bonds. The van der Waals surface area contributed by atoms with E-state index in [1.165, 1.54) is 42.9 Å². The summed E-state index contributed by atoms with van der Waals surface area (Å²) < 4.78 is 51.9. The van der Waals surface area contributed by atoms with Crippen LogP contribution in [0.25, 0.3) is 11.0 Å². The van der Waals surface area contributed by atoms with Gasteiger partial charge in [-0.05, 0) is 12.1 Å². The second-order valence-corrected chi connectivity index (χ2v) is 9.44. The van der Waals surface area contributed by atoms with E-state index < -0.39 is 20.1 Å². The van der Waals surface area contributed by atoms with Crippen molar-refractivity contribution in [2.24, 2.45) is 3.77 Å². The Morgan fingerprint density at radius 3 is 2.24 bits per heavy atom. The summed E-state index contributed by atoms with van der Waals surface area (Å²) in [6.45, 7) is 0. The monoisotopic (exact) mass is 349 g/mol. The molecule has 0 atom stereocenters. The maximum atomic E-state index is 12.7. The van der Waals surface area contributed by atoms with Gasteiger partial charge >= 0.3 is 0 Å². The first-order valence-electron chi connectivity index (χ1n) is 5.78. The molecule has 0 spiro atoms. The molecule has 11 heteroatoms. The molecule has 2 rings (SSSR count). The van der Waals surface area contributed by atoms with E-state index in [-0.39, 0.29) is 10.4 Å². The SMILES string of the molecule is CN(C)S(=O)(=NS(=O)(=O)c1cccc2nsnc12)N(C)C. The van der Waals surface area contributed by atoms with Crippen LogP contribution >= 0.6 is 11.7 Å². The molecule has 0 aliphatic rings. The van der Waals surface area contributed by atoms with Crippen LogP contribution in [0.15, 0.2) is 26.9 Å². The highest BCUT2D eigenvalue weighted by Gasteiger charge is 2.25. The van der Waals surface area contributed by atoms with Crippen molar-refractivity contribution in [2.45, 2.75) is 4.90 Å². The van der Waals surface area contributed by atoms with Crippen molar-refractivity contribution in [1.82, 2.24) is 17.4 Å². The van der Waals surface area contributed by atoms with Gasteiger partial charge < -0.3 is 0 Å². The van der Waals surface area contributed by atoms with Crippen LogP contribution in [-0.4, -0.2) is 58.2 Å². The lowest BCUT2D eigenvalue weighted by atomic mass is 10.3. The quantitative estimate of drug-likeness (QED) is 0.813. The highest BCUT2D eigenvalue weighted by atomic mass is 32.3. The highest BCUT2D eigenvalue weighted by molar-refractivity contribution is 8.01. The Hall–Kier alpha value is -1.14. The summed E-state index contributed by atoms with van der Waals surface area (Å²) in [7, 11) is -1.33. The fraction of sp³-hybridized carbons (Fsp3) is 0.400. The lowest BCUT2D eigenvalue weighted by molar-refractivity contribution is 0.515. The Morgan fingerprint density at radius 2 is 1.67 bits per heavy atom. The summed E-state index contributed by atoms with van der Waals surface area (Å²) in [5.41, 5.74) is 0.711. The first-order chi connectivity index (χ1) is 9.68. The molecule has 21 heavy (non-hydrogen) atoms. The van der Waals surface area contributed by atoms with Gasteiger partial charge in [-0.3, -0.25) is 0 Å². The third kappa shape index (κ3) is 2.92. The maximum absolute atomic E-state index is 12.7. The van der Waals surface area contributed by atoms with Crippen LogP contribution in [0, 0.1) is 0 Å². The van der Waals surface area contributed by atoms with Crippen LogP contribution < -0.4 is 0 Å². The molecule has 8 nitrogen and oxygen atoms in total. The number of aromatic nitrogens is 2. The number of sulfonamides is 1. The summed E-state index contributed by atoms with van der Waals surface area (Å²) in [4.78, 5) is -0.0924. The Balaban J connectivity index is 2.73. The van der Waals surface area contributed by atoms with Gasteiger partial charge in [0, 0.05) is 28.2 Å². The first-order valence-corrected chi connectivity index (χ1v) is 9.38. The van der Waals surface area contributed by atoms with E-state index in [0.29, 0.717) is 5.52 Å². The molecule has 0 aliphatic heterocycles. The lowest BCUT2D eigenvalue weighted by Crippen LogP contribution is -2.35. The van der Waals surface area contributed by atoms with Crippen LogP contribution in [0.2, 0.25) is 0 Å². The molecule has 0 radical (unpaired) electrons. The summed E-state index contributed by atoms with van der Waals surface area (Å²) in [6.07, 6.45) is 0. The van der Waals surface area contributed by atoms with E-state index in [2.05, 4.69) is 12.5 Å². The van der Waals surface area contributed by atoms with Crippen LogP contribution in [0.4, 0.5) is 0 Å². The number of hydrogen-bond donors (Lipinski definition) is 0. The molecule has 0 bridgehead atoms. The smallest absolute Gasteiger partial charge is 0.216 e. The molecular weight excluding hydrogens is 334 g/mol. The highest BCUT2D eigenvalue weighted by Crippen LogP contribution is 2.24. The van der Waals surface area contributed by atoms with Gasteiger partial charge in [0.05, 0.1) is 11.7 Å². The van der Waals surface area contributed by atoms with E-state index in [9.17, 15) is 12.6 Å². The lowest BCUT2D eigenvalue weighted by Gasteiger charge is -2.22. The molecule has 0 unspecified atom stereocenters. The fourth-order valence-corrected chi connectivity index (χ4v) is 5.93. The number of hydrogen-bond acceptors (Lipinski definition) is 6. The Kier molecular flexibility index (Phi) is 4.31. The number of nitrogens with zero attached hydrogens (tertiary/aromatic N) is 5. The number of rotatable bonds is 4. The van der Waals surface area contributed by atoms with Crippen molar-refractivity contribution in [2.75, 3.05) is 28.2 Å². The van der Waals surface area contributed by atoms with Gasteiger partial charge in [0.15, 0.2) is 10.1 Å². The Bertz CT molecular complexity index is 864. The van der Waals surface area contributed by atoms with Crippen LogP contribution in [0.3, 0.4) is 0 Å². The average Bonchev–Trinajstić information content (AvgIpc) is 2.85. The molecule has 2 aromatic rings. The summed E-state index contributed by atoms with van der Waals surface area (Å²) >= 11 is 0.915. The summed E-state index contributed by atoms with van der Waals surface area (Å²) in [5.74, 6) is 0. The fourth-order valence-electron chi connectivity index (χ4n) is 1.62. The minimum absolute atomic E-state index is 0.0924. The molecule has 0 N–H and O–H groups in total. The normalized spacial score (nSPS) is 13.2. The van der Waals surface area contributed by atoms with Gasteiger partial charge in [-0.15, -0.1) is 0 Å². The molecule has 0 saturated heterocycles. The van der Waals surface area contributed by atoms with Crippen LogP contribution in [0.5, 0.6) is 0 Å². The van der Waals surface area contributed by atoms with Gasteiger partial charge in [0.25, 0.3) is 10.0 Å². The molecule has 0 aliphatic carbocycles. The van der Waals surface area contributed by atoms with E-state index in [4.69, 9.17) is 0 Å². The van der Waals surface area contributed by atoms with E-state index in [0.717, 1.165) is 11.7 Å². The second-order valence-electron chi connectivity index (χ2n) is 4.53. The van der Waals surface area contributed by atoms with E-state index >= 15 is 0 Å². The summed E-state index contributed by atoms with van der Waals surface area (Å²) in [5, 5.41) is 0. The second kappa shape index (κ2) is 5.57. The summed E-state index contributed by atoms with van der Waals surface area (Å²) in [6, 6.07) is 4.60. The predicted molar refractivity (Wildman–Crippen MR) is 82.5 cm³/mol. The minimum atomic E-state index is -4.13. The van der Waals surface area contributed by atoms with Gasteiger partial charge in [0.1, 0.15) is 15.9 Å². The van der Waals surface area contributed by atoms with Gasteiger partial charge in [-0.25, -0.2) is 12.8 Å². The number of fused-ring (bicyclic) bond motifs is 1. The number of benzene rings is 1. The van der Waals surface area contributed by atoms with Crippen molar-refractivity contribution in [3.63, 3.8) is 0 Å². The zero-order valence-electron chi connectivity index (χ0n) is 11.9. The third-order valence-electron chi connectivity index (χ3n) is 2.67. The zero-order chi connectivity index (χ0) is 15.8. The van der Waals surface area contributed by atoms with E-state index in [1.54, 1.807) is 12.1 Å². The van der Waals surface area contributed by atoms with Crippen molar-refractivity contribution in [3.8, 4) is 0 Å². The molecule has 0 fully saturated rings. The average molecular weight is 349 g/mol. The molecular formula is C10H15N5O3S3. The van der Waals surface area contributed by atoms with Crippen molar-refractivity contribution < 1.29 is 12.6 Å². The molecule has 1 aromatic heterocycles. The Morgan fingerprint density at radius 1 is 1.05 bits per heavy atom. The standard InChI is InChI=1S/C10H15N5O3S3/c1-14(2)21(18,15(3)4)13-20(16,17)9-7-5-6-8-10(9)12-19-11-8/h5-7H,1-4H3. The molecule has 0 saturated carbocycles. The van der Waals surface area contributed by atoms with Crippen molar-refractivity contribution >= 4 is 42.9 Å². The first kappa shape index (κ1) is 16.2. The topological polar surface area (TPSA) is 95.8 Å². The van der Waals surface area contributed by atoms with Crippen LogP contribution in [0.1, 0.15) is 0 Å². The molecule has 1 aromatic carbocycles. The van der Waals surface area contributed by atoms with Crippen LogP contribution in [-0.2, 0) is 20.1 Å². The minimum Gasteiger partial charge on any atom is -0.216 e. The Labute approximate surface area is 128 Å². The van der Waals surface area contributed by atoms with E-state index in [1.807, 2.05) is 0 Å². The molecule has 116 valence electrons. The molecule has 1 heterocycles. The largest absolute Gasteiger partial charge is 0.294 e. The zero-order valence-corrected chi connectivity index (χ0v) is 14.4. The van der Waals surface area contributed by atoms with Crippen molar-refractivity contribution in [1.29, 1.82) is 0 Å². The maximum Gasteiger partial charge on any atom is 0.294 e. The van der Waals surface area contributed by atoms with Crippen molar-refractivity contribution in [3.05, 3.63) is 18.2 Å². The van der Waals surface area contributed by atoms with Gasteiger partial charge in [-0.2, -0.15) is 17.2 Å².